The first-order chi connectivity index (χ1) is 29.8. The molecule has 0 bridgehead atoms. The molecule has 3 aromatic rings. The summed E-state index contributed by atoms with van der Waals surface area (Å²) in [7, 11) is 0. The molecule has 1 aromatic heterocycles. The van der Waals surface area contributed by atoms with E-state index in [0.29, 0.717) is 32.2 Å². The fourth-order valence-corrected chi connectivity index (χ4v) is 8.16. The van der Waals surface area contributed by atoms with E-state index in [1.165, 1.54) is 0 Å². The van der Waals surface area contributed by atoms with Gasteiger partial charge in [0.25, 0.3) is 5.91 Å². The second kappa shape index (κ2) is 25.3. The fourth-order valence-electron chi connectivity index (χ4n) is 8.16. The minimum atomic E-state index is -1.26. The second-order valence-corrected chi connectivity index (χ2v) is 16.7. The predicted octanol–water partition coefficient (Wildman–Crippen LogP) is 5.88. The van der Waals surface area contributed by atoms with Crippen molar-refractivity contribution in [2.24, 2.45) is 17.4 Å². The summed E-state index contributed by atoms with van der Waals surface area (Å²) in [5, 5.41) is 18.7. The van der Waals surface area contributed by atoms with Crippen molar-refractivity contribution < 1.29 is 38.7 Å². The van der Waals surface area contributed by atoms with Gasteiger partial charge in [-0.25, -0.2) is 9.59 Å². The van der Waals surface area contributed by atoms with Crippen molar-refractivity contribution in [1.29, 1.82) is 0 Å². The van der Waals surface area contributed by atoms with Crippen LogP contribution in [0.4, 0.5) is 4.79 Å². The third-order valence-corrected chi connectivity index (χ3v) is 11.9. The standard InChI is InChI=1S/C47H67N7O8/c1-3-32(2)43(45(59)54-38-24-20-19-23-34(38)35-27-28-53(47(49)62)31-39(35)54)52-42(57)26-18-13-11-9-7-5-4-6-8-10-12-17-25-41(56)50-36(30-40(48)55)44(58)51-37(46(60)61)29-33-21-15-14-16-22-33/h14-16,19-24,32,36-37,43H,3-13,17-18,25-31H2,1-2H3,(H2,48,55)(H2,49,62)(H,50,56)(H,51,58)(H,52,57)(H,60,61)/t32-,36?,37?,43-/m0/s1. The molecule has 2 unspecified atom stereocenters. The van der Waals surface area contributed by atoms with Crippen molar-refractivity contribution in [3.05, 3.63) is 71.4 Å². The summed E-state index contributed by atoms with van der Waals surface area (Å²) in [5.74, 6) is -3.59. The smallest absolute Gasteiger partial charge is 0.326 e. The third kappa shape index (κ3) is 15.0. The van der Waals surface area contributed by atoms with Crippen molar-refractivity contribution >= 4 is 52.4 Å². The van der Waals surface area contributed by atoms with Gasteiger partial charge in [-0.3, -0.25) is 28.5 Å². The largest absolute Gasteiger partial charge is 0.480 e. The van der Waals surface area contributed by atoms with E-state index in [2.05, 4.69) is 16.0 Å². The molecule has 0 spiro atoms. The molecule has 0 saturated heterocycles. The second-order valence-electron chi connectivity index (χ2n) is 16.7. The number of urea groups is 1. The number of fused-ring (bicyclic) bond motifs is 3. The Hall–Kier alpha value is -5.73. The first-order valence-corrected chi connectivity index (χ1v) is 22.4. The molecule has 6 amide bonds. The van der Waals surface area contributed by atoms with Gasteiger partial charge in [0.1, 0.15) is 18.1 Å². The van der Waals surface area contributed by atoms with E-state index in [-0.39, 0.29) is 37.1 Å². The Labute approximate surface area is 365 Å². The van der Waals surface area contributed by atoms with Crippen molar-refractivity contribution in [3.63, 3.8) is 0 Å². The number of nitrogens with zero attached hydrogens (tertiary/aromatic N) is 2. The van der Waals surface area contributed by atoms with E-state index in [1.807, 2.05) is 38.1 Å². The Morgan fingerprint density at radius 2 is 1.26 bits per heavy atom. The van der Waals surface area contributed by atoms with Gasteiger partial charge in [-0.1, -0.05) is 133 Å². The highest BCUT2D eigenvalue weighted by Gasteiger charge is 2.34. The van der Waals surface area contributed by atoms with E-state index in [4.69, 9.17) is 11.5 Å². The molecule has 0 radical (unpaired) electrons. The number of nitrogens with one attached hydrogen (secondary N) is 3. The van der Waals surface area contributed by atoms with Gasteiger partial charge in [0.15, 0.2) is 0 Å². The number of benzene rings is 2. The van der Waals surface area contributed by atoms with Crippen LogP contribution in [0.15, 0.2) is 54.6 Å². The van der Waals surface area contributed by atoms with Crippen LogP contribution in [0.1, 0.15) is 138 Å². The Balaban J connectivity index is 1.07. The van der Waals surface area contributed by atoms with Gasteiger partial charge in [0, 0.05) is 36.9 Å². The SMILES string of the molecule is CC[C@H](C)[C@H](NC(=O)CCCCCCCCCCCCCCC(=O)NC(CC(N)=O)C(=O)NC(Cc1ccccc1)C(=O)O)C(=O)n1c2c(c3ccccc31)CCN(C(N)=O)C2. The number of aromatic nitrogens is 1. The molecule has 1 aliphatic heterocycles. The minimum absolute atomic E-state index is 0.0475. The lowest BCUT2D eigenvalue weighted by molar-refractivity contribution is -0.142. The van der Waals surface area contributed by atoms with E-state index >= 15 is 0 Å². The Morgan fingerprint density at radius 1 is 0.710 bits per heavy atom. The first kappa shape index (κ1) is 48.9. The first-order valence-electron chi connectivity index (χ1n) is 22.4. The van der Waals surface area contributed by atoms with Gasteiger partial charge in [0.2, 0.25) is 23.6 Å². The number of carbonyl (C=O) groups is 7. The van der Waals surface area contributed by atoms with Gasteiger partial charge in [0.05, 0.1) is 18.5 Å². The fraction of sp³-hybridized carbons (Fsp3) is 0.553. The quantitative estimate of drug-likeness (QED) is 0.0505. The molecular weight excluding hydrogens is 791 g/mol. The maximum atomic E-state index is 14.2. The lowest BCUT2D eigenvalue weighted by atomic mass is 9.97. The number of aliphatic carboxylic acids is 1. The third-order valence-electron chi connectivity index (χ3n) is 11.9. The Bertz CT molecular complexity index is 1980. The lowest BCUT2D eigenvalue weighted by Crippen LogP contribution is -2.53. The molecule has 4 rings (SSSR count). The zero-order valence-corrected chi connectivity index (χ0v) is 36.5. The molecule has 2 aromatic carbocycles. The van der Waals surface area contributed by atoms with Gasteiger partial charge in [-0.2, -0.15) is 0 Å². The monoisotopic (exact) mass is 858 g/mol. The number of nitrogens with two attached hydrogens (primary N) is 2. The highest BCUT2D eigenvalue weighted by Crippen LogP contribution is 2.32. The van der Waals surface area contributed by atoms with Gasteiger partial charge >= 0.3 is 12.0 Å². The van der Waals surface area contributed by atoms with Crippen LogP contribution in [0.3, 0.4) is 0 Å². The molecule has 15 nitrogen and oxygen atoms in total. The van der Waals surface area contributed by atoms with Crippen LogP contribution in [0.5, 0.6) is 0 Å². The van der Waals surface area contributed by atoms with Gasteiger partial charge in [-0.05, 0) is 42.4 Å². The average Bonchev–Trinajstić information content (AvgIpc) is 3.58. The van der Waals surface area contributed by atoms with E-state index in [9.17, 15) is 38.7 Å². The number of para-hydroxylation sites is 1. The molecule has 338 valence electrons. The number of carboxylic acids is 1. The lowest BCUT2D eigenvalue weighted by Gasteiger charge is -2.29. The summed E-state index contributed by atoms with van der Waals surface area (Å²) in [6, 6.07) is 12.9. The van der Waals surface area contributed by atoms with Crippen LogP contribution in [0.2, 0.25) is 0 Å². The zero-order valence-electron chi connectivity index (χ0n) is 36.5. The average molecular weight is 858 g/mol. The molecule has 0 saturated carbocycles. The molecular formula is C47H67N7O8. The molecule has 0 aliphatic carbocycles. The molecule has 1 aliphatic rings. The van der Waals surface area contributed by atoms with Crippen molar-refractivity contribution in [2.75, 3.05) is 6.54 Å². The van der Waals surface area contributed by atoms with Crippen LogP contribution >= 0.6 is 0 Å². The zero-order chi connectivity index (χ0) is 45.0. The summed E-state index contributed by atoms with van der Waals surface area (Å²) in [6.45, 7) is 4.73. The highest BCUT2D eigenvalue weighted by atomic mass is 16.4. The number of rotatable bonds is 27. The summed E-state index contributed by atoms with van der Waals surface area (Å²) in [5.41, 5.74) is 14.2. The molecule has 62 heavy (non-hydrogen) atoms. The summed E-state index contributed by atoms with van der Waals surface area (Å²) in [4.78, 5) is 89.9. The molecule has 4 atom stereocenters. The molecule has 2 heterocycles. The van der Waals surface area contributed by atoms with Crippen molar-refractivity contribution in [2.45, 2.75) is 154 Å². The van der Waals surface area contributed by atoms with Crippen LogP contribution < -0.4 is 27.4 Å². The van der Waals surface area contributed by atoms with Crippen LogP contribution in [0.25, 0.3) is 10.9 Å². The van der Waals surface area contributed by atoms with E-state index < -0.39 is 54.3 Å². The van der Waals surface area contributed by atoms with Crippen LogP contribution in [-0.4, -0.2) is 80.8 Å². The summed E-state index contributed by atoms with van der Waals surface area (Å²) >= 11 is 0. The number of amides is 6. The minimum Gasteiger partial charge on any atom is -0.480 e. The van der Waals surface area contributed by atoms with Gasteiger partial charge < -0.3 is 37.4 Å². The summed E-state index contributed by atoms with van der Waals surface area (Å²) in [6.07, 6.45) is 13.3. The molecule has 0 fully saturated rings. The van der Waals surface area contributed by atoms with Crippen LogP contribution in [-0.2, 0) is 43.4 Å². The predicted molar refractivity (Wildman–Crippen MR) is 238 cm³/mol. The van der Waals surface area contributed by atoms with E-state index in [0.717, 1.165) is 98.4 Å². The molecule has 8 N–H and O–H groups in total. The van der Waals surface area contributed by atoms with E-state index in [1.54, 1.807) is 39.8 Å². The number of carbonyl (C=O) groups excluding carboxylic acids is 6. The molecule has 15 heteroatoms. The number of hydrogen-bond donors (Lipinski definition) is 6. The Kier molecular flexibility index (Phi) is 19.9. The van der Waals surface area contributed by atoms with Gasteiger partial charge in [-0.15, -0.1) is 0 Å². The number of unbranched alkanes of at least 4 members (excludes halogenated alkanes) is 11. The van der Waals surface area contributed by atoms with Crippen molar-refractivity contribution in [3.8, 4) is 0 Å². The number of carboxylic acid groups (broad SMARTS) is 1. The summed E-state index contributed by atoms with van der Waals surface area (Å²) < 4.78 is 1.70. The van der Waals surface area contributed by atoms with Crippen molar-refractivity contribution in [1.82, 2.24) is 25.4 Å². The maximum absolute atomic E-state index is 14.2. The Morgan fingerprint density at radius 3 is 1.81 bits per heavy atom. The normalized spacial score (nSPS) is 14.3. The number of primary amides is 2. The number of hydrogen-bond acceptors (Lipinski definition) is 7. The maximum Gasteiger partial charge on any atom is 0.326 e. The highest BCUT2D eigenvalue weighted by molar-refractivity contribution is 6.00. The van der Waals surface area contributed by atoms with Crippen LogP contribution in [0, 0.1) is 5.92 Å². The topological polar surface area (TPSA) is 236 Å².